The Balaban J connectivity index is 0.00000280. The van der Waals surface area contributed by atoms with Crippen molar-refractivity contribution >= 4 is 29.9 Å². The smallest absolute Gasteiger partial charge is 0.193 e. The van der Waals surface area contributed by atoms with Crippen LogP contribution in [0.4, 0.5) is 0 Å². The SMILES string of the molecule is CCNC(=NCC1CCN(CCOC)CC1)N1CCC(c2ncn[nH]2)CC1.I. The van der Waals surface area contributed by atoms with Crippen molar-refractivity contribution in [3.8, 4) is 0 Å². The maximum atomic E-state index is 5.19. The Hall–Kier alpha value is -0.940. The second-order valence-corrected chi connectivity index (χ2v) is 7.60. The van der Waals surface area contributed by atoms with Gasteiger partial charge < -0.3 is 19.9 Å². The van der Waals surface area contributed by atoms with E-state index >= 15 is 0 Å². The van der Waals surface area contributed by atoms with E-state index in [4.69, 9.17) is 9.73 Å². The molecule has 0 saturated carbocycles. The van der Waals surface area contributed by atoms with E-state index in [2.05, 4.69) is 37.2 Å². The van der Waals surface area contributed by atoms with Crippen LogP contribution in [0.25, 0.3) is 0 Å². The molecule has 1 aromatic heterocycles. The van der Waals surface area contributed by atoms with Gasteiger partial charge in [0.05, 0.1) is 6.61 Å². The minimum Gasteiger partial charge on any atom is -0.383 e. The Bertz CT molecular complexity index is 553. The van der Waals surface area contributed by atoms with Crippen LogP contribution in [0.2, 0.25) is 0 Å². The lowest BCUT2D eigenvalue weighted by Crippen LogP contribution is -2.45. The number of halogens is 1. The Kier molecular flexibility index (Phi) is 10.5. The van der Waals surface area contributed by atoms with E-state index in [9.17, 15) is 0 Å². The Morgan fingerprint density at radius 3 is 2.61 bits per heavy atom. The van der Waals surface area contributed by atoms with Crippen LogP contribution in [-0.2, 0) is 4.74 Å². The van der Waals surface area contributed by atoms with Crippen molar-refractivity contribution < 1.29 is 4.74 Å². The molecule has 2 aliphatic rings. The first-order valence-electron chi connectivity index (χ1n) is 10.4. The van der Waals surface area contributed by atoms with Gasteiger partial charge in [-0.3, -0.25) is 10.1 Å². The molecule has 0 amide bonds. The molecule has 0 atom stereocenters. The summed E-state index contributed by atoms with van der Waals surface area (Å²) >= 11 is 0. The molecule has 0 aromatic carbocycles. The molecule has 160 valence electrons. The number of nitrogens with zero attached hydrogens (tertiary/aromatic N) is 5. The van der Waals surface area contributed by atoms with Crippen molar-refractivity contribution in [2.24, 2.45) is 10.9 Å². The predicted octanol–water partition coefficient (Wildman–Crippen LogP) is 1.93. The average molecular weight is 505 g/mol. The molecule has 2 fully saturated rings. The van der Waals surface area contributed by atoms with E-state index in [0.717, 1.165) is 64.0 Å². The normalized spacial score (nSPS) is 20.2. The zero-order valence-corrected chi connectivity index (χ0v) is 19.6. The number of guanidine groups is 1. The molecule has 2 saturated heterocycles. The maximum Gasteiger partial charge on any atom is 0.193 e. The molecule has 0 radical (unpaired) electrons. The Morgan fingerprint density at radius 2 is 2.00 bits per heavy atom. The van der Waals surface area contributed by atoms with E-state index in [1.54, 1.807) is 13.4 Å². The molecule has 8 nitrogen and oxygen atoms in total. The Morgan fingerprint density at radius 1 is 1.25 bits per heavy atom. The lowest BCUT2D eigenvalue weighted by Gasteiger charge is -2.34. The van der Waals surface area contributed by atoms with Crippen LogP contribution in [0.5, 0.6) is 0 Å². The van der Waals surface area contributed by atoms with Gasteiger partial charge in [-0.1, -0.05) is 0 Å². The molecule has 2 N–H and O–H groups in total. The molecule has 9 heteroatoms. The van der Waals surface area contributed by atoms with Crippen LogP contribution in [0.1, 0.15) is 44.3 Å². The molecule has 3 rings (SSSR count). The van der Waals surface area contributed by atoms with Crippen molar-refractivity contribution in [1.29, 1.82) is 0 Å². The average Bonchev–Trinajstić information content (AvgIpc) is 3.25. The maximum absolute atomic E-state index is 5.19. The predicted molar refractivity (Wildman–Crippen MR) is 122 cm³/mol. The number of nitrogens with one attached hydrogen (secondary N) is 2. The van der Waals surface area contributed by atoms with Crippen molar-refractivity contribution in [2.75, 3.05) is 59.5 Å². The summed E-state index contributed by atoms with van der Waals surface area (Å²) in [7, 11) is 1.78. The minimum absolute atomic E-state index is 0. The number of methoxy groups -OCH3 is 1. The first kappa shape index (κ1) is 23.3. The molecule has 0 unspecified atom stereocenters. The lowest BCUT2D eigenvalue weighted by molar-refractivity contribution is 0.121. The van der Waals surface area contributed by atoms with Gasteiger partial charge in [-0.25, -0.2) is 4.98 Å². The van der Waals surface area contributed by atoms with Crippen LogP contribution in [0, 0.1) is 5.92 Å². The molecule has 0 aliphatic carbocycles. The van der Waals surface area contributed by atoms with Crippen LogP contribution < -0.4 is 5.32 Å². The summed E-state index contributed by atoms with van der Waals surface area (Å²) in [6.07, 6.45) is 6.27. The first-order chi connectivity index (χ1) is 13.3. The zero-order chi connectivity index (χ0) is 18.9. The topological polar surface area (TPSA) is 81.7 Å². The number of aliphatic imine (C=N–C) groups is 1. The molecule has 1 aromatic rings. The van der Waals surface area contributed by atoms with E-state index in [1.165, 1.54) is 25.9 Å². The third kappa shape index (κ3) is 6.84. The van der Waals surface area contributed by atoms with Gasteiger partial charge in [-0.2, -0.15) is 5.10 Å². The summed E-state index contributed by atoms with van der Waals surface area (Å²) in [6, 6.07) is 0. The van der Waals surface area contributed by atoms with Gasteiger partial charge in [-0.15, -0.1) is 24.0 Å². The molecule has 0 spiro atoms. The fourth-order valence-electron chi connectivity index (χ4n) is 4.03. The lowest BCUT2D eigenvalue weighted by atomic mass is 9.96. The van der Waals surface area contributed by atoms with Crippen LogP contribution in [-0.4, -0.2) is 90.5 Å². The molecule has 2 aliphatic heterocycles. The summed E-state index contributed by atoms with van der Waals surface area (Å²) in [4.78, 5) is 14.2. The molecule has 28 heavy (non-hydrogen) atoms. The largest absolute Gasteiger partial charge is 0.383 e. The van der Waals surface area contributed by atoms with Gasteiger partial charge in [0, 0.05) is 45.8 Å². The molecule has 3 heterocycles. The number of aromatic nitrogens is 3. The zero-order valence-electron chi connectivity index (χ0n) is 17.3. The first-order valence-corrected chi connectivity index (χ1v) is 10.4. The Labute approximate surface area is 185 Å². The van der Waals surface area contributed by atoms with Gasteiger partial charge in [0.2, 0.25) is 0 Å². The van der Waals surface area contributed by atoms with Crippen LogP contribution >= 0.6 is 24.0 Å². The van der Waals surface area contributed by atoms with Gasteiger partial charge >= 0.3 is 0 Å². The number of piperidine rings is 2. The van der Waals surface area contributed by atoms with Crippen molar-refractivity contribution in [2.45, 2.75) is 38.5 Å². The van der Waals surface area contributed by atoms with Crippen LogP contribution in [0.15, 0.2) is 11.3 Å². The highest BCUT2D eigenvalue weighted by atomic mass is 127. The number of likely N-dealkylation sites (tertiary alicyclic amines) is 2. The number of hydrogen-bond acceptors (Lipinski definition) is 5. The van der Waals surface area contributed by atoms with E-state index in [-0.39, 0.29) is 24.0 Å². The summed E-state index contributed by atoms with van der Waals surface area (Å²) in [5.74, 6) is 3.29. The highest BCUT2D eigenvalue weighted by Crippen LogP contribution is 2.25. The summed E-state index contributed by atoms with van der Waals surface area (Å²) in [5, 5.41) is 10.5. The van der Waals surface area contributed by atoms with E-state index in [0.29, 0.717) is 11.8 Å². The number of aromatic amines is 1. The highest BCUT2D eigenvalue weighted by Gasteiger charge is 2.25. The third-order valence-electron chi connectivity index (χ3n) is 5.77. The minimum atomic E-state index is 0. The molecular weight excluding hydrogens is 469 g/mol. The second kappa shape index (κ2) is 12.6. The molecular formula is C19H36IN7O. The fourth-order valence-corrected chi connectivity index (χ4v) is 4.03. The highest BCUT2D eigenvalue weighted by molar-refractivity contribution is 14.0. The number of hydrogen-bond donors (Lipinski definition) is 2. The standard InChI is InChI=1S/C19H35N7O.HI/c1-3-20-19(21-14-16-4-8-25(9-5-16)12-13-27-2)26-10-6-17(7-11-26)18-22-15-23-24-18;/h15-17H,3-14H2,1-2H3,(H,20,21)(H,22,23,24);1H. The van der Waals surface area contributed by atoms with E-state index < -0.39 is 0 Å². The van der Waals surface area contributed by atoms with Gasteiger partial charge in [0.1, 0.15) is 12.2 Å². The third-order valence-corrected chi connectivity index (χ3v) is 5.77. The van der Waals surface area contributed by atoms with Crippen molar-refractivity contribution in [1.82, 2.24) is 30.3 Å². The number of ether oxygens (including phenoxy) is 1. The summed E-state index contributed by atoms with van der Waals surface area (Å²) in [5.41, 5.74) is 0. The summed E-state index contributed by atoms with van der Waals surface area (Å²) in [6.45, 7) is 10.3. The van der Waals surface area contributed by atoms with Gasteiger partial charge in [0.15, 0.2) is 5.96 Å². The number of H-pyrrole nitrogens is 1. The van der Waals surface area contributed by atoms with E-state index in [1.807, 2.05) is 0 Å². The second-order valence-electron chi connectivity index (χ2n) is 7.60. The monoisotopic (exact) mass is 505 g/mol. The summed E-state index contributed by atoms with van der Waals surface area (Å²) < 4.78 is 5.19. The van der Waals surface area contributed by atoms with Crippen molar-refractivity contribution in [3.63, 3.8) is 0 Å². The van der Waals surface area contributed by atoms with Gasteiger partial charge in [-0.05, 0) is 51.6 Å². The quantitative estimate of drug-likeness (QED) is 0.335. The van der Waals surface area contributed by atoms with Crippen molar-refractivity contribution in [3.05, 3.63) is 12.2 Å². The van der Waals surface area contributed by atoms with Crippen LogP contribution in [0.3, 0.4) is 0 Å². The molecule has 0 bridgehead atoms. The fraction of sp³-hybridized carbons (Fsp3) is 0.842. The number of rotatable bonds is 7. The van der Waals surface area contributed by atoms with Gasteiger partial charge in [0.25, 0.3) is 0 Å².